The van der Waals surface area contributed by atoms with Gasteiger partial charge in [0.05, 0.1) is 16.8 Å². The number of nitrogens with two attached hydrogens (primary N) is 1. The summed E-state index contributed by atoms with van der Waals surface area (Å²) in [6.07, 6.45) is 8.93. The van der Waals surface area contributed by atoms with E-state index in [1.807, 2.05) is 30.3 Å². The largest absolute Gasteiger partial charge is 0.474 e. The molecule has 2 aliphatic carbocycles. The van der Waals surface area contributed by atoms with Gasteiger partial charge < -0.3 is 15.8 Å². The number of ether oxygens (including phenoxy) is 1. The van der Waals surface area contributed by atoms with Crippen LogP contribution in [-0.4, -0.2) is 33.3 Å². The Labute approximate surface area is 182 Å². The summed E-state index contributed by atoms with van der Waals surface area (Å²) in [7, 11) is 0. The molecule has 0 unspecified atom stereocenters. The molecule has 4 N–H and O–H groups in total. The average Bonchev–Trinajstić information content (AvgIpc) is 3.48. The van der Waals surface area contributed by atoms with Gasteiger partial charge in [0.2, 0.25) is 5.88 Å². The van der Waals surface area contributed by atoms with E-state index in [9.17, 15) is 0 Å². The number of hydrogen-bond acceptors (Lipinski definition) is 7. The molecule has 2 fully saturated rings. The Morgan fingerprint density at radius 2 is 2.00 bits per heavy atom. The molecule has 0 saturated heterocycles. The molecule has 2 heterocycles. The van der Waals surface area contributed by atoms with Crippen LogP contribution in [0.25, 0.3) is 10.9 Å². The van der Waals surface area contributed by atoms with Crippen LogP contribution in [0.1, 0.15) is 56.6 Å². The summed E-state index contributed by atoms with van der Waals surface area (Å²) in [5.41, 5.74) is 8.91. The molecule has 0 radical (unpaired) electrons. The second-order valence-corrected chi connectivity index (χ2v) is 9.10. The zero-order valence-electron chi connectivity index (χ0n) is 17.8. The lowest BCUT2D eigenvalue weighted by molar-refractivity contribution is 0.292. The fraction of sp³-hybridized carbons (Fsp3) is 0.417. The molecule has 0 aliphatic heterocycles. The quantitative estimate of drug-likeness (QED) is 0.487. The molecule has 0 atom stereocenters. The fourth-order valence-electron chi connectivity index (χ4n) is 4.31. The molecule has 2 aromatic heterocycles. The van der Waals surface area contributed by atoms with E-state index in [4.69, 9.17) is 15.9 Å². The van der Waals surface area contributed by atoms with Crippen molar-refractivity contribution < 1.29 is 4.74 Å². The lowest BCUT2D eigenvalue weighted by Crippen LogP contribution is -2.25. The van der Waals surface area contributed by atoms with Gasteiger partial charge in [-0.2, -0.15) is 0 Å². The summed E-state index contributed by atoms with van der Waals surface area (Å²) in [5, 5.41) is 13.3. The second kappa shape index (κ2) is 7.80. The third kappa shape index (κ3) is 4.17. The van der Waals surface area contributed by atoms with Crippen LogP contribution < -0.4 is 15.8 Å². The van der Waals surface area contributed by atoms with E-state index in [1.165, 1.54) is 32.0 Å². The van der Waals surface area contributed by atoms with E-state index >= 15 is 0 Å². The van der Waals surface area contributed by atoms with Gasteiger partial charge >= 0.3 is 0 Å². The van der Waals surface area contributed by atoms with Crippen LogP contribution in [0, 0.1) is 10.8 Å². The Morgan fingerprint density at radius 3 is 2.77 bits per heavy atom. The topological polar surface area (TPSA) is 110 Å². The zero-order chi connectivity index (χ0) is 21.4. The second-order valence-electron chi connectivity index (χ2n) is 9.10. The first-order valence-corrected chi connectivity index (χ1v) is 11.0. The van der Waals surface area contributed by atoms with Crippen molar-refractivity contribution in [1.82, 2.24) is 15.0 Å². The van der Waals surface area contributed by atoms with Crippen molar-refractivity contribution in [2.45, 2.75) is 51.6 Å². The predicted molar refractivity (Wildman–Crippen MR) is 123 cm³/mol. The molecule has 31 heavy (non-hydrogen) atoms. The van der Waals surface area contributed by atoms with Gasteiger partial charge in [0.25, 0.3) is 0 Å². The Balaban J connectivity index is 1.41. The van der Waals surface area contributed by atoms with E-state index in [-0.39, 0.29) is 5.41 Å². The van der Waals surface area contributed by atoms with Gasteiger partial charge in [-0.3, -0.25) is 5.41 Å². The van der Waals surface area contributed by atoms with Crippen LogP contribution in [0.15, 0.2) is 36.7 Å². The number of nitrogens with zero attached hydrogens (tertiary/aromatic N) is 3. The van der Waals surface area contributed by atoms with Crippen LogP contribution in [-0.2, 0) is 0 Å². The predicted octanol–water partition coefficient (Wildman–Crippen LogP) is 4.56. The molecular formula is C24H28N6O. The molecule has 2 saturated carbocycles. The Hall–Kier alpha value is -3.22. The van der Waals surface area contributed by atoms with Crippen molar-refractivity contribution >= 4 is 28.3 Å². The molecule has 7 nitrogen and oxygen atoms in total. The molecule has 5 rings (SSSR count). The minimum absolute atomic E-state index is 0.258. The highest BCUT2D eigenvalue weighted by atomic mass is 16.5. The van der Waals surface area contributed by atoms with Gasteiger partial charge in [-0.05, 0) is 49.3 Å². The SMILES string of the molecule is CC1(CNc2ncnc(N)c2C(=N)c2ccc3nc(OC4CC4)ccc3c2)CCCC1. The first kappa shape index (κ1) is 19.7. The summed E-state index contributed by atoms with van der Waals surface area (Å²) in [6.45, 7) is 3.12. The summed E-state index contributed by atoms with van der Waals surface area (Å²) in [5.74, 6) is 1.59. The van der Waals surface area contributed by atoms with Gasteiger partial charge in [0.15, 0.2) is 0 Å². The number of fused-ring (bicyclic) bond motifs is 1. The van der Waals surface area contributed by atoms with Crippen molar-refractivity contribution in [3.63, 3.8) is 0 Å². The van der Waals surface area contributed by atoms with Gasteiger partial charge in [0.1, 0.15) is 24.1 Å². The fourth-order valence-corrected chi connectivity index (χ4v) is 4.31. The molecule has 0 spiro atoms. The first-order valence-electron chi connectivity index (χ1n) is 11.0. The van der Waals surface area contributed by atoms with E-state index in [1.54, 1.807) is 0 Å². The van der Waals surface area contributed by atoms with Gasteiger partial charge in [-0.25, -0.2) is 15.0 Å². The normalized spacial score (nSPS) is 17.6. The number of hydrogen-bond donors (Lipinski definition) is 3. The van der Waals surface area contributed by atoms with Crippen molar-refractivity contribution in [3.8, 4) is 5.88 Å². The Kier molecular flexibility index (Phi) is 4.96. The Morgan fingerprint density at radius 1 is 1.19 bits per heavy atom. The van der Waals surface area contributed by atoms with E-state index in [0.717, 1.165) is 35.9 Å². The summed E-state index contributed by atoms with van der Waals surface area (Å²) < 4.78 is 5.79. The molecule has 7 heteroatoms. The third-order valence-corrected chi connectivity index (χ3v) is 6.38. The molecule has 1 aromatic carbocycles. The van der Waals surface area contributed by atoms with Gasteiger partial charge in [0, 0.05) is 23.6 Å². The number of pyridine rings is 1. The highest BCUT2D eigenvalue weighted by Gasteiger charge is 2.29. The minimum atomic E-state index is 0.258. The maximum absolute atomic E-state index is 8.86. The smallest absolute Gasteiger partial charge is 0.214 e. The highest BCUT2D eigenvalue weighted by Crippen LogP contribution is 2.38. The number of anilines is 2. The van der Waals surface area contributed by atoms with E-state index < -0.39 is 0 Å². The van der Waals surface area contributed by atoms with E-state index in [0.29, 0.717) is 34.9 Å². The van der Waals surface area contributed by atoms with Crippen LogP contribution in [0.5, 0.6) is 5.88 Å². The van der Waals surface area contributed by atoms with Crippen LogP contribution in [0.3, 0.4) is 0 Å². The summed E-state index contributed by atoms with van der Waals surface area (Å²) in [6, 6.07) is 9.66. The van der Waals surface area contributed by atoms with Crippen molar-refractivity contribution in [2.75, 3.05) is 17.6 Å². The monoisotopic (exact) mass is 416 g/mol. The summed E-state index contributed by atoms with van der Waals surface area (Å²) in [4.78, 5) is 13.2. The molecule has 2 aliphatic rings. The number of rotatable bonds is 7. The molecule has 0 amide bonds. The van der Waals surface area contributed by atoms with E-state index in [2.05, 4.69) is 27.2 Å². The maximum atomic E-state index is 8.86. The van der Waals surface area contributed by atoms with Crippen LogP contribution >= 0.6 is 0 Å². The molecule has 3 aromatic rings. The number of benzene rings is 1. The maximum Gasteiger partial charge on any atom is 0.214 e. The summed E-state index contributed by atoms with van der Waals surface area (Å²) >= 11 is 0. The minimum Gasteiger partial charge on any atom is -0.474 e. The number of nitrogens with one attached hydrogen (secondary N) is 2. The molecular weight excluding hydrogens is 388 g/mol. The molecule has 160 valence electrons. The standard InChI is InChI=1S/C24H28N6O/c1-24(10-2-3-11-24)13-27-23-20(22(26)28-14-29-23)21(25)16-4-8-18-15(12-16)5-9-19(30-18)31-17-6-7-17/h4-5,8-9,12,14,17,25H,2-3,6-7,10-11,13H2,1H3,(H3,26,27,28,29). The van der Waals surface area contributed by atoms with Gasteiger partial charge in [-0.1, -0.05) is 25.8 Å². The van der Waals surface area contributed by atoms with Crippen molar-refractivity contribution in [2.24, 2.45) is 5.41 Å². The third-order valence-electron chi connectivity index (χ3n) is 6.38. The average molecular weight is 417 g/mol. The highest BCUT2D eigenvalue weighted by molar-refractivity contribution is 6.17. The van der Waals surface area contributed by atoms with Crippen LogP contribution in [0.2, 0.25) is 0 Å². The zero-order valence-corrected chi connectivity index (χ0v) is 17.8. The lowest BCUT2D eigenvalue weighted by Gasteiger charge is -2.25. The molecule has 0 bridgehead atoms. The van der Waals surface area contributed by atoms with Gasteiger partial charge in [-0.15, -0.1) is 0 Å². The van der Waals surface area contributed by atoms with Crippen molar-refractivity contribution in [1.29, 1.82) is 5.41 Å². The Bertz CT molecular complexity index is 1130. The first-order chi connectivity index (χ1) is 15.0. The number of aromatic nitrogens is 3. The van der Waals surface area contributed by atoms with Crippen molar-refractivity contribution in [3.05, 3.63) is 47.8 Å². The lowest BCUT2D eigenvalue weighted by atomic mass is 9.89. The number of nitrogen functional groups attached to an aromatic ring is 1. The van der Waals surface area contributed by atoms with Crippen LogP contribution in [0.4, 0.5) is 11.6 Å².